The molecule has 0 bridgehead atoms. The third-order valence-electron chi connectivity index (χ3n) is 5.67. The zero-order valence-corrected chi connectivity index (χ0v) is 19.4. The van der Waals surface area contributed by atoms with E-state index in [1.54, 1.807) is 29.0 Å². The Bertz CT molecular complexity index is 849. The highest BCUT2D eigenvalue weighted by atomic mass is 16.4. The van der Waals surface area contributed by atoms with Crippen molar-refractivity contribution in [1.29, 1.82) is 0 Å². The summed E-state index contributed by atoms with van der Waals surface area (Å²) in [4.78, 5) is 52.7. The number of carboxylic acid groups (broad SMARTS) is 3. The molecule has 1 heterocycles. The SMILES string of the molecule is CNC(=O)c1ccc(CN2CCN(CC(=O)O)CCN(CC(=O)O)CCN(C(=O)O)CC2)cc1. The van der Waals surface area contributed by atoms with E-state index in [2.05, 4.69) is 10.2 Å². The number of carbonyl (C=O) groups excluding carboxylic acids is 1. The molecule has 4 N–H and O–H groups in total. The second-order valence-corrected chi connectivity index (χ2v) is 8.16. The molecule has 1 aliphatic rings. The van der Waals surface area contributed by atoms with E-state index in [0.29, 0.717) is 44.8 Å². The second-order valence-electron chi connectivity index (χ2n) is 8.16. The van der Waals surface area contributed by atoms with Gasteiger partial charge in [0.2, 0.25) is 0 Å². The van der Waals surface area contributed by atoms with Crippen LogP contribution in [0.4, 0.5) is 4.79 Å². The van der Waals surface area contributed by atoms with E-state index in [0.717, 1.165) is 5.56 Å². The smallest absolute Gasteiger partial charge is 0.407 e. The minimum Gasteiger partial charge on any atom is -0.480 e. The van der Waals surface area contributed by atoms with Crippen LogP contribution in [0.1, 0.15) is 15.9 Å². The Kier molecular flexibility index (Phi) is 10.7. The van der Waals surface area contributed by atoms with E-state index in [-0.39, 0.29) is 38.6 Å². The number of nitrogens with one attached hydrogen (secondary N) is 1. The Labute approximate surface area is 198 Å². The number of hydrogen-bond donors (Lipinski definition) is 4. The topological polar surface area (TPSA) is 154 Å². The number of aliphatic carboxylic acids is 2. The van der Waals surface area contributed by atoms with Crippen molar-refractivity contribution in [3.05, 3.63) is 35.4 Å². The van der Waals surface area contributed by atoms with Crippen LogP contribution < -0.4 is 5.32 Å². The summed E-state index contributed by atoms with van der Waals surface area (Å²) < 4.78 is 0. The molecule has 1 aromatic carbocycles. The Balaban J connectivity index is 2.16. The highest BCUT2D eigenvalue weighted by Gasteiger charge is 2.21. The first-order valence-electron chi connectivity index (χ1n) is 11.1. The maximum atomic E-state index is 11.8. The van der Waals surface area contributed by atoms with Crippen molar-refractivity contribution >= 4 is 23.9 Å². The fraction of sp³-hybridized carbons (Fsp3) is 0.545. The Morgan fingerprint density at radius 2 is 1.18 bits per heavy atom. The predicted molar refractivity (Wildman–Crippen MR) is 123 cm³/mol. The number of rotatable bonds is 7. The van der Waals surface area contributed by atoms with E-state index in [4.69, 9.17) is 5.11 Å². The molecule has 1 fully saturated rings. The number of hydrogen-bond acceptors (Lipinski definition) is 7. The van der Waals surface area contributed by atoms with Crippen LogP contribution in [-0.2, 0) is 16.1 Å². The van der Waals surface area contributed by atoms with Gasteiger partial charge in [0.05, 0.1) is 13.1 Å². The molecule has 1 saturated heterocycles. The summed E-state index contributed by atoms with van der Waals surface area (Å²) in [5, 5.41) is 30.6. The van der Waals surface area contributed by atoms with Crippen molar-refractivity contribution in [2.24, 2.45) is 0 Å². The largest absolute Gasteiger partial charge is 0.480 e. The van der Waals surface area contributed by atoms with Gasteiger partial charge >= 0.3 is 18.0 Å². The Morgan fingerprint density at radius 1 is 0.735 bits per heavy atom. The van der Waals surface area contributed by atoms with Crippen LogP contribution >= 0.6 is 0 Å². The fourth-order valence-electron chi connectivity index (χ4n) is 3.75. The van der Waals surface area contributed by atoms with E-state index < -0.39 is 18.0 Å². The molecule has 12 nitrogen and oxygen atoms in total. The zero-order valence-electron chi connectivity index (χ0n) is 19.4. The lowest BCUT2D eigenvalue weighted by Crippen LogP contribution is -2.48. The number of amides is 2. The monoisotopic (exact) mass is 479 g/mol. The molecule has 0 radical (unpaired) electrons. The lowest BCUT2D eigenvalue weighted by atomic mass is 10.1. The molecule has 188 valence electrons. The van der Waals surface area contributed by atoms with E-state index in [1.165, 1.54) is 4.90 Å². The van der Waals surface area contributed by atoms with Crippen LogP contribution in [0.5, 0.6) is 0 Å². The minimum atomic E-state index is -1.07. The molecule has 0 atom stereocenters. The van der Waals surface area contributed by atoms with Crippen LogP contribution in [0.15, 0.2) is 24.3 Å². The van der Waals surface area contributed by atoms with Crippen molar-refractivity contribution in [3.63, 3.8) is 0 Å². The van der Waals surface area contributed by atoms with Crippen LogP contribution in [0.2, 0.25) is 0 Å². The van der Waals surface area contributed by atoms with E-state index in [9.17, 15) is 29.4 Å². The molecule has 0 unspecified atom stereocenters. The van der Waals surface area contributed by atoms with Gasteiger partial charge in [0.15, 0.2) is 0 Å². The fourth-order valence-corrected chi connectivity index (χ4v) is 3.75. The van der Waals surface area contributed by atoms with Crippen LogP contribution in [0.25, 0.3) is 0 Å². The highest BCUT2D eigenvalue weighted by molar-refractivity contribution is 5.93. The number of carboxylic acids is 2. The molecule has 0 aromatic heterocycles. The van der Waals surface area contributed by atoms with Crippen LogP contribution in [0, 0.1) is 0 Å². The standard InChI is InChI=1S/C22H33N5O7/c1-23-21(32)18-4-2-17(3-5-18)14-24-6-7-25(15-19(28)29)8-9-26(16-20(30)31)11-13-27(12-10-24)22(33)34/h2-5H,6-16H2,1H3,(H,23,32)(H,28,29)(H,30,31)(H,33,34). The predicted octanol–water partition coefficient (Wildman–Crippen LogP) is -0.385. The first-order chi connectivity index (χ1) is 16.2. The lowest BCUT2D eigenvalue weighted by Gasteiger charge is -2.32. The highest BCUT2D eigenvalue weighted by Crippen LogP contribution is 2.09. The molecular weight excluding hydrogens is 446 g/mol. The number of nitrogens with zero attached hydrogens (tertiary/aromatic N) is 4. The molecule has 2 amide bonds. The van der Waals surface area contributed by atoms with Gasteiger partial charge in [-0.05, 0) is 17.7 Å². The van der Waals surface area contributed by atoms with Crippen molar-refractivity contribution in [2.75, 3.05) is 72.5 Å². The van der Waals surface area contributed by atoms with Gasteiger partial charge in [-0.25, -0.2) is 4.79 Å². The van der Waals surface area contributed by atoms with Gasteiger partial charge < -0.3 is 25.5 Å². The Morgan fingerprint density at radius 3 is 1.62 bits per heavy atom. The van der Waals surface area contributed by atoms with E-state index >= 15 is 0 Å². The zero-order chi connectivity index (χ0) is 25.1. The summed E-state index contributed by atoms with van der Waals surface area (Å²) in [7, 11) is 1.56. The molecule has 1 aliphatic heterocycles. The summed E-state index contributed by atoms with van der Waals surface area (Å²) in [6.07, 6.45) is -1.07. The van der Waals surface area contributed by atoms with Gasteiger partial charge in [-0.3, -0.25) is 29.1 Å². The third kappa shape index (κ3) is 9.33. The van der Waals surface area contributed by atoms with E-state index in [1.807, 2.05) is 12.1 Å². The molecular formula is C22H33N5O7. The van der Waals surface area contributed by atoms with Crippen molar-refractivity contribution < 1.29 is 34.5 Å². The van der Waals surface area contributed by atoms with Gasteiger partial charge in [0.1, 0.15) is 0 Å². The third-order valence-corrected chi connectivity index (χ3v) is 5.67. The molecule has 2 rings (SSSR count). The molecule has 0 aliphatic carbocycles. The summed E-state index contributed by atoms with van der Waals surface area (Å²) in [6, 6.07) is 7.13. The van der Waals surface area contributed by atoms with Gasteiger partial charge in [-0.1, -0.05) is 12.1 Å². The van der Waals surface area contributed by atoms with Crippen molar-refractivity contribution in [3.8, 4) is 0 Å². The van der Waals surface area contributed by atoms with Gasteiger partial charge in [-0.2, -0.15) is 0 Å². The minimum absolute atomic E-state index is 0.149. The van der Waals surface area contributed by atoms with Gasteiger partial charge in [0, 0.05) is 71.5 Å². The molecule has 34 heavy (non-hydrogen) atoms. The average Bonchev–Trinajstić information content (AvgIpc) is 2.78. The van der Waals surface area contributed by atoms with Crippen LogP contribution in [-0.4, -0.2) is 131 Å². The molecule has 12 heteroatoms. The van der Waals surface area contributed by atoms with Crippen molar-refractivity contribution in [1.82, 2.24) is 24.9 Å². The lowest BCUT2D eigenvalue weighted by molar-refractivity contribution is -0.140. The molecule has 0 saturated carbocycles. The maximum absolute atomic E-state index is 11.8. The molecule has 1 aromatic rings. The van der Waals surface area contributed by atoms with Gasteiger partial charge in [0.25, 0.3) is 5.91 Å². The quantitative estimate of drug-likeness (QED) is 0.407. The summed E-state index contributed by atoms with van der Waals surface area (Å²) in [5.41, 5.74) is 1.48. The first-order valence-corrected chi connectivity index (χ1v) is 11.1. The normalized spacial score (nSPS) is 17.4. The summed E-state index contributed by atoms with van der Waals surface area (Å²) in [6.45, 7) is 2.71. The number of benzene rings is 1. The molecule has 0 spiro atoms. The van der Waals surface area contributed by atoms with Gasteiger partial charge in [-0.15, -0.1) is 0 Å². The maximum Gasteiger partial charge on any atom is 0.407 e. The Hall–Kier alpha value is -3.22. The summed E-state index contributed by atoms with van der Waals surface area (Å²) in [5.74, 6) is -2.17. The van der Waals surface area contributed by atoms with Crippen molar-refractivity contribution in [2.45, 2.75) is 6.54 Å². The first kappa shape index (κ1) is 27.0. The number of carbonyl (C=O) groups is 4. The average molecular weight is 480 g/mol. The summed E-state index contributed by atoms with van der Waals surface area (Å²) >= 11 is 0. The second kappa shape index (κ2) is 13.5. The van der Waals surface area contributed by atoms with Crippen LogP contribution in [0.3, 0.4) is 0 Å².